The second-order valence-electron chi connectivity index (χ2n) is 6.59. The third-order valence-corrected chi connectivity index (χ3v) is 6.91. The van der Waals surface area contributed by atoms with Crippen LogP contribution < -0.4 is 0 Å². The number of hydrogen-bond acceptors (Lipinski definition) is 6. The Labute approximate surface area is 159 Å². The maximum atomic E-state index is 11.7. The minimum absolute atomic E-state index is 0.303. The van der Waals surface area contributed by atoms with E-state index in [2.05, 4.69) is 0 Å². The van der Waals surface area contributed by atoms with Gasteiger partial charge in [0.25, 0.3) is 0 Å². The molecule has 28 heavy (non-hydrogen) atoms. The van der Waals surface area contributed by atoms with Crippen LogP contribution >= 0.6 is 0 Å². The lowest BCUT2D eigenvalue weighted by Gasteiger charge is -2.19. The normalized spacial score (nSPS) is 13.2. The minimum atomic E-state index is -4.67. The highest BCUT2D eigenvalue weighted by atomic mass is 32.2. The first kappa shape index (κ1) is 17.3. The zero-order chi connectivity index (χ0) is 19.8. The van der Waals surface area contributed by atoms with Crippen molar-refractivity contribution >= 4 is 63.3 Å². The number of hydrogen-bond donors (Lipinski definition) is 0. The predicted octanol–water partition coefficient (Wildman–Crippen LogP) is 3.55. The summed E-state index contributed by atoms with van der Waals surface area (Å²) in [7, 11) is -9.35. The lowest BCUT2D eigenvalue weighted by atomic mass is 9.90. The van der Waals surface area contributed by atoms with Crippen molar-refractivity contribution in [2.75, 3.05) is 0 Å². The van der Waals surface area contributed by atoms with Gasteiger partial charge in [0.2, 0.25) is 0 Å². The van der Waals surface area contributed by atoms with Crippen molar-refractivity contribution in [2.24, 2.45) is 0 Å². The van der Waals surface area contributed by atoms with Crippen molar-refractivity contribution in [2.45, 2.75) is 9.79 Å². The lowest BCUT2D eigenvalue weighted by Crippen LogP contribution is -2.01. The van der Waals surface area contributed by atoms with Crippen LogP contribution in [0, 0.1) is 0 Å². The molecule has 0 atom stereocenters. The van der Waals surface area contributed by atoms with E-state index in [1.54, 1.807) is 48.5 Å². The molecule has 5 rings (SSSR count). The number of rotatable bonds is 2. The monoisotopic (exact) mass is 410 g/mol. The van der Waals surface area contributed by atoms with Crippen LogP contribution in [0.1, 0.15) is 0 Å². The standard InChI is InChI=1S/C20H12O6S2/c21-27(22,23)17-9-7-13-14-8-10-18(28(24,25)26)16-6-2-4-12(20(14)16)11-3-1-5-15(17)19(11)13/h1-10H,(H,21,22,23)(H,24,25,26)/p-2. The molecule has 0 aliphatic carbocycles. The molecule has 0 amide bonds. The molecule has 5 aromatic rings. The van der Waals surface area contributed by atoms with E-state index in [4.69, 9.17) is 0 Å². The van der Waals surface area contributed by atoms with Gasteiger partial charge in [-0.3, -0.25) is 0 Å². The topological polar surface area (TPSA) is 114 Å². The summed E-state index contributed by atoms with van der Waals surface area (Å²) in [5.74, 6) is 0. The second kappa shape index (κ2) is 5.39. The zero-order valence-corrected chi connectivity index (χ0v) is 15.7. The molecule has 0 heterocycles. The molecule has 8 heteroatoms. The molecule has 140 valence electrons. The van der Waals surface area contributed by atoms with E-state index in [0.29, 0.717) is 43.1 Å². The van der Waals surface area contributed by atoms with Gasteiger partial charge in [-0.05, 0) is 44.5 Å². The Balaban J connectivity index is 2.15. The highest BCUT2D eigenvalue weighted by molar-refractivity contribution is 7.86. The van der Waals surface area contributed by atoms with Crippen LogP contribution in [0.3, 0.4) is 0 Å². The highest BCUT2D eigenvalue weighted by Crippen LogP contribution is 2.42. The first-order valence-electron chi connectivity index (χ1n) is 8.22. The van der Waals surface area contributed by atoms with Crippen LogP contribution in [-0.2, 0) is 20.2 Å². The SMILES string of the molecule is O=S(=O)([O-])c1ccc2c3ccc(S(=O)(=O)[O-])c4cccc(c5cccc1c52)c43. The summed E-state index contributed by atoms with van der Waals surface area (Å²) in [6.45, 7) is 0. The van der Waals surface area contributed by atoms with E-state index in [-0.39, 0.29) is 9.79 Å². The molecule has 5 aromatic carbocycles. The fourth-order valence-corrected chi connectivity index (χ4v) is 5.44. The number of fused-ring (bicyclic) bond motifs is 2. The summed E-state index contributed by atoms with van der Waals surface area (Å²) < 4.78 is 70.3. The fourth-order valence-electron chi connectivity index (χ4n) is 4.09. The summed E-state index contributed by atoms with van der Waals surface area (Å²) in [4.78, 5) is -0.607. The van der Waals surface area contributed by atoms with Crippen LogP contribution in [0.5, 0.6) is 0 Å². The summed E-state index contributed by atoms with van der Waals surface area (Å²) in [5, 5.41) is 4.55. The molecule has 0 bridgehead atoms. The molecule has 0 saturated carbocycles. The van der Waals surface area contributed by atoms with Gasteiger partial charge >= 0.3 is 0 Å². The van der Waals surface area contributed by atoms with Crippen LogP contribution in [-0.4, -0.2) is 25.9 Å². The Morgan fingerprint density at radius 3 is 1.14 bits per heavy atom. The minimum Gasteiger partial charge on any atom is -0.744 e. The summed E-state index contributed by atoms with van der Waals surface area (Å²) >= 11 is 0. The fraction of sp³-hybridized carbons (Fsp3) is 0. The van der Waals surface area contributed by atoms with Gasteiger partial charge in [-0.25, -0.2) is 16.8 Å². The average molecular weight is 410 g/mol. The smallest absolute Gasteiger partial charge is 0.125 e. The van der Waals surface area contributed by atoms with Crippen molar-refractivity contribution in [3.63, 3.8) is 0 Å². The zero-order valence-electron chi connectivity index (χ0n) is 14.0. The van der Waals surface area contributed by atoms with Gasteiger partial charge in [-0.15, -0.1) is 0 Å². The molecule has 0 aromatic heterocycles. The first-order chi connectivity index (χ1) is 13.2. The van der Waals surface area contributed by atoms with Gasteiger partial charge < -0.3 is 9.11 Å². The molecule has 0 saturated heterocycles. The van der Waals surface area contributed by atoms with Crippen LogP contribution in [0.2, 0.25) is 0 Å². The molecule has 0 aliphatic heterocycles. The van der Waals surface area contributed by atoms with Gasteiger partial charge in [-0.1, -0.05) is 48.5 Å². The molecule has 0 unspecified atom stereocenters. The van der Waals surface area contributed by atoms with Gasteiger partial charge in [0, 0.05) is 10.8 Å². The van der Waals surface area contributed by atoms with E-state index in [1.165, 1.54) is 12.1 Å². The highest BCUT2D eigenvalue weighted by Gasteiger charge is 2.18. The molecular formula is C20H10O6S2-2. The van der Waals surface area contributed by atoms with Crippen molar-refractivity contribution < 1.29 is 25.9 Å². The third-order valence-electron chi connectivity index (χ3n) is 5.12. The van der Waals surface area contributed by atoms with E-state index < -0.39 is 20.2 Å². The van der Waals surface area contributed by atoms with E-state index in [9.17, 15) is 25.9 Å². The average Bonchev–Trinajstić information content (AvgIpc) is 2.63. The first-order valence-corrected chi connectivity index (χ1v) is 11.0. The Hall–Kier alpha value is -2.78. The summed E-state index contributed by atoms with van der Waals surface area (Å²) in [6, 6.07) is 15.6. The van der Waals surface area contributed by atoms with E-state index in [1.807, 2.05) is 0 Å². The van der Waals surface area contributed by atoms with Crippen LogP contribution in [0.4, 0.5) is 0 Å². The largest absolute Gasteiger partial charge is 0.744 e. The molecule has 0 aliphatic rings. The van der Waals surface area contributed by atoms with Gasteiger partial charge in [0.1, 0.15) is 20.2 Å². The lowest BCUT2D eigenvalue weighted by molar-refractivity contribution is 0.462. The Morgan fingerprint density at radius 1 is 0.464 bits per heavy atom. The predicted molar refractivity (Wildman–Crippen MR) is 104 cm³/mol. The van der Waals surface area contributed by atoms with E-state index >= 15 is 0 Å². The van der Waals surface area contributed by atoms with Gasteiger partial charge in [0.05, 0.1) is 9.79 Å². The van der Waals surface area contributed by atoms with E-state index in [0.717, 1.165) is 0 Å². The summed E-state index contributed by atoms with van der Waals surface area (Å²) in [5.41, 5.74) is 0. The molecule has 0 fully saturated rings. The molecular weight excluding hydrogens is 400 g/mol. The van der Waals surface area contributed by atoms with Crippen molar-refractivity contribution in [1.29, 1.82) is 0 Å². The third kappa shape index (κ3) is 2.26. The molecule has 6 nitrogen and oxygen atoms in total. The van der Waals surface area contributed by atoms with Crippen LogP contribution in [0.15, 0.2) is 70.5 Å². The maximum absolute atomic E-state index is 11.7. The van der Waals surface area contributed by atoms with Crippen molar-refractivity contribution in [3.05, 3.63) is 60.7 Å². The Bertz CT molecular complexity index is 1510. The Kier molecular flexibility index (Phi) is 3.34. The quantitative estimate of drug-likeness (QED) is 0.250. The van der Waals surface area contributed by atoms with Crippen LogP contribution in [0.25, 0.3) is 43.1 Å². The molecule has 0 spiro atoms. The summed E-state index contributed by atoms with van der Waals surface area (Å²) in [6.07, 6.45) is 0. The number of benzene rings is 5. The second-order valence-corrected chi connectivity index (χ2v) is 9.28. The molecule has 0 radical (unpaired) electrons. The van der Waals surface area contributed by atoms with Gasteiger partial charge in [0.15, 0.2) is 0 Å². The Morgan fingerprint density at radius 2 is 0.786 bits per heavy atom. The van der Waals surface area contributed by atoms with Crippen molar-refractivity contribution in [3.8, 4) is 0 Å². The van der Waals surface area contributed by atoms with Gasteiger partial charge in [-0.2, -0.15) is 0 Å². The maximum Gasteiger partial charge on any atom is 0.125 e. The molecule has 0 N–H and O–H groups in total. The van der Waals surface area contributed by atoms with Crippen molar-refractivity contribution in [1.82, 2.24) is 0 Å².